The van der Waals surface area contributed by atoms with Crippen molar-refractivity contribution in [2.75, 3.05) is 19.6 Å². The Hall–Kier alpha value is -1.59. The standard InChI is InChI=1S/C29H39ClN2OSi/c1-21-25(16-19-31-17-8-7-9-18-31)26-15-10-22(29(5,6)33-34-28(2,3)4)20-27(26)32(21)24-13-11-23(30)12-14-24/h10-15,20H,7-9,16-19H2,1-6H3. The van der Waals surface area contributed by atoms with Gasteiger partial charge in [-0.05, 0) is 99.6 Å². The van der Waals surface area contributed by atoms with Crippen LogP contribution >= 0.6 is 11.6 Å². The van der Waals surface area contributed by atoms with E-state index in [0.29, 0.717) is 9.76 Å². The van der Waals surface area contributed by atoms with Crippen LogP contribution < -0.4 is 0 Å². The Morgan fingerprint density at radius 1 is 0.941 bits per heavy atom. The molecule has 182 valence electrons. The highest BCUT2D eigenvalue weighted by atomic mass is 35.5. The summed E-state index contributed by atoms with van der Waals surface area (Å²) >= 11 is 6.22. The molecular weight excluding hydrogens is 456 g/mol. The summed E-state index contributed by atoms with van der Waals surface area (Å²) < 4.78 is 8.85. The van der Waals surface area contributed by atoms with Crippen LogP contribution in [0.25, 0.3) is 16.6 Å². The summed E-state index contributed by atoms with van der Waals surface area (Å²) in [6.45, 7) is 16.9. The summed E-state index contributed by atoms with van der Waals surface area (Å²) in [4.78, 5) is 2.63. The Labute approximate surface area is 213 Å². The van der Waals surface area contributed by atoms with Crippen molar-refractivity contribution in [2.45, 2.75) is 77.9 Å². The summed E-state index contributed by atoms with van der Waals surface area (Å²) in [5.74, 6) is 0. The molecule has 0 bridgehead atoms. The van der Waals surface area contributed by atoms with E-state index in [4.69, 9.17) is 16.0 Å². The topological polar surface area (TPSA) is 17.4 Å². The molecule has 4 rings (SSSR count). The molecule has 0 amide bonds. The van der Waals surface area contributed by atoms with E-state index in [1.807, 2.05) is 12.1 Å². The first kappa shape index (κ1) is 25.5. The number of fused-ring (bicyclic) bond motifs is 1. The molecule has 1 aliphatic rings. The number of piperidine rings is 1. The monoisotopic (exact) mass is 494 g/mol. The first-order chi connectivity index (χ1) is 16.0. The minimum atomic E-state index is -0.350. The molecule has 5 heteroatoms. The summed E-state index contributed by atoms with van der Waals surface area (Å²) in [7, 11) is 0.442. The van der Waals surface area contributed by atoms with E-state index >= 15 is 0 Å². The lowest BCUT2D eigenvalue weighted by atomic mass is 9.96. The number of hydrogen-bond donors (Lipinski definition) is 0. The van der Waals surface area contributed by atoms with E-state index in [1.54, 1.807) is 0 Å². The fraction of sp³-hybridized carbons (Fsp3) is 0.517. The SMILES string of the molecule is Cc1c(CCN2CCCCC2)c2ccc(C(C)(C)O[Si]C(C)(C)C)cc2n1-c1ccc(Cl)cc1. The van der Waals surface area contributed by atoms with E-state index in [9.17, 15) is 0 Å². The second-order valence-electron chi connectivity index (χ2n) is 11.2. The summed E-state index contributed by atoms with van der Waals surface area (Å²) in [6, 6.07) is 15.1. The lowest BCUT2D eigenvalue weighted by molar-refractivity contribution is 0.109. The maximum Gasteiger partial charge on any atom is 0.236 e. The fourth-order valence-corrected chi connectivity index (χ4v) is 5.69. The van der Waals surface area contributed by atoms with Gasteiger partial charge in [-0.15, -0.1) is 0 Å². The molecular formula is C29H39ClN2OSi. The number of hydrogen-bond acceptors (Lipinski definition) is 2. The molecule has 0 atom stereocenters. The average molecular weight is 495 g/mol. The van der Waals surface area contributed by atoms with Crippen LogP contribution in [0.5, 0.6) is 0 Å². The van der Waals surface area contributed by atoms with E-state index < -0.39 is 0 Å². The first-order valence-electron chi connectivity index (χ1n) is 12.6. The molecule has 0 N–H and O–H groups in total. The lowest BCUT2D eigenvalue weighted by Crippen LogP contribution is -2.31. The number of likely N-dealkylation sites (tertiary alicyclic amines) is 1. The van der Waals surface area contributed by atoms with Gasteiger partial charge >= 0.3 is 0 Å². The first-order valence-corrected chi connectivity index (χ1v) is 13.9. The Morgan fingerprint density at radius 3 is 2.26 bits per heavy atom. The predicted octanol–water partition coefficient (Wildman–Crippen LogP) is 7.71. The summed E-state index contributed by atoms with van der Waals surface area (Å²) in [5, 5.41) is 2.27. The van der Waals surface area contributed by atoms with Crippen molar-refractivity contribution in [3.63, 3.8) is 0 Å². The van der Waals surface area contributed by atoms with Gasteiger partial charge in [0, 0.05) is 28.3 Å². The number of aromatic nitrogens is 1. The quantitative estimate of drug-likeness (QED) is 0.313. The maximum absolute atomic E-state index is 6.45. The van der Waals surface area contributed by atoms with Crippen molar-refractivity contribution >= 4 is 32.3 Å². The molecule has 2 heterocycles. The van der Waals surface area contributed by atoms with Gasteiger partial charge in [0.15, 0.2) is 0 Å². The smallest absolute Gasteiger partial charge is 0.236 e. The molecule has 0 unspecified atom stereocenters. The zero-order valence-corrected chi connectivity index (χ0v) is 23.4. The van der Waals surface area contributed by atoms with Crippen molar-refractivity contribution < 1.29 is 4.43 Å². The van der Waals surface area contributed by atoms with Gasteiger partial charge in [-0.2, -0.15) is 0 Å². The molecule has 1 saturated heterocycles. The van der Waals surface area contributed by atoms with Crippen LogP contribution in [0.4, 0.5) is 0 Å². The third-order valence-electron chi connectivity index (χ3n) is 6.86. The van der Waals surface area contributed by atoms with Gasteiger partial charge in [0.1, 0.15) is 0 Å². The van der Waals surface area contributed by atoms with Crippen LogP contribution in [0.2, 0.25) is 10.1 Å². The fourth-order valence-electron chi connectivity index (χ4n) is 4.89. The second-order valence-corrected chi connectivity index (χ2v) is 13.6. The molecule has 1 aliphatic heterocycles. The van der Waals surface area contributed by atoms with Crippen molar-refractivity contribution in [3.8, 4) is 5.69 Å². The van der Waals surface area contributed by atoms with Crippen LogP contribution in [0.3, 0.4) is 0 Å². The summed E-state index contributed by atoms with van der Waals surface area (Å²) in [5.41, 5.74) is 6.05. The van der Waals surface area contributed by atoms with Crippen LogP contribution in [0.15, 0.2) is 42.5 Å². The van der Waals surface area contributed by atoms with Crippen molar-refractivity contribution in [1.82, 2.24) is 9.47 Å². The third kappa shape index (κ3) is 5.79. The van der Waals surface area contributed by atoms with Gasteiger partial charge in [-0.1, -0.05) is 50.9 Å². The van der Waals surface area contributed by atoms with Crippen molar-refractivity contribution in [2.24, 2.45) is 0 Å². The minimum absolute atomic E-state index is 0.156. The van der Waals surface area contributed by atoms with E-state index in [0.717, 1.165) is 23.7 Å². The van der Waals surface area contributed by atoms with Gasteiger partial charge in [0.25, 0.3) is 0 Å². The third-order valence-corrected chi connectivity index (χ3v) is 8.33. The molecule has 34 heavy (non-hydrogen) atoms. The Bertz CT molecular complexity index is 1120. The highest BCUT2D eigenvalue weighted by Crippen LogP contribution is 2.35. The molecule has 0 spiro atoms. The second kappa shape index (κ2) is 10.2. The van der Waals surface area contributed by atoms with Crippen LogP contribution in [0.1, 0.15) is 70.7 Å². The van der Waals surface area contributed by atoms with Crippen molar-refractivity contribution in [1.29, 1.82) is 0 Å². The van der Waals surface area contributed by atoms with Gasteiger partial charge in [-0.25, -0.2) is 0 Å². The molecule has 2 radical (unpaired) electrons. The number of halogens is 1. The van der Waals surface area contributed by atoms with Gasteiger partial charge in [0.05, 0.1) is 11.1 Å². The molecule has 1 aromatic heterocycles. The highest BCUT2D eigenvalue weighted by Gasteiger charge is 2.27. The van der Waals surface area contributed by atoms with Gasteiger partial charge < -0.3 is 13.9 Å². The maximum atomic E-state index is 6.45. The lowest BCUT2D eigenvalue weighted by Gasteiger charge is -2.30. The predicted molar refractivity (Wildman–Crippen MR) is 147 cm³/mol. The zero-order chi connectivity index (χ0) is 24.5. The van der Waals surface area contributed by atoms with E-state index in [-0.39, 0.29) is 10.6 Å². The molecule has 2 aromatic carbocycles. The van der Waals surface area contributed by atoms with Crippen LogP contribution in [-0.2, 0) is 16.4 Å². The van der Waals surface area contributed by atoms with Crippen LogP contribution in [0, 0.1) is 6.92 Å². The number of rotatable bonds is 7. The average Bonchev–Trinajstić information content (AvgIpc) is 3.08. The zero-order valence-electron chi connectivity index (χ0n) is 21.7. The minimum Gasteiger partial charge on any atom is -0.408 e. The van der Waals surface area contributed by atoms with E-state index in [1.165, 1.54) is 60.1 Å². The molecule has 0 aliphatic carbocycles. The molecule has 1 fully saturated rings. The highest BCUT2D eigenvalue weighted by molar-refractivity contribution is 6.31. The molecule has 0 saturated carbocycles. The largest absolute Gasteiger partial charge is 0.408 e. The van der Waals surface area contributed by atoms with Crippen molar-refractivity contribution in [3.05, 3.63) is 64.3 Å². The normalized spacial score (nSPS) is 15.9. The Kier molecular flexibility index (Phi) is 7.63. The summed E-state index contributed by atoms with van der Waals surface area (Å²) in [6.07, 6.45) is 5.12. The number of benzene rings is 2. The van der Waals surface area contributed by atoms with Gasteiger partial charge in [-0.3, -0.25) is 0 Å². The molecule has 3 aromatic rings. The van der Waals surface area contributed by atoms with Gasteiger partial charge in [0.2, 0.25) is 9.76 Å². The molecule has 3 nitrogen and oxygen atoms in total. The van der Waals surface area contributed by atoms with Crippen LogP contribution in [-0.4, -0.2) is 38.9 Å². The Morgan fingerprint density at radius 2 is 1.62 bits per heavy atom. The number of nitrogens with zero attached hydrogens (tertiary/aromatic N) is 2. The Balaban J connectivity index is 1.75. The van der Waals surface area contributed by atoms with E-state index in [2.05, 4.69) is 81.3 Å².